The highest BCUT2D eigenvalue weighted by atomic mass is 15.1. The van der Waals surface area contributed by atoms with Crippen LogP contribution in [0.5, 0.6) is 0 Å². The third-order valence-corrected chi connectivity index (χ3v) is 4.67. The molecule has 0 unspecified atom stereocenters. The molecule has 3 heteroatoms. The highest BCUT2D eigenvalue weighted by Gasteiger charge is 2.35. The molecular weight excluding hydrogens is 246 g/mol. The Morgan fingerprint density at radius 3 is 2.75 bits per heavy atom. The van der Waals surface area contributed by atoms with Gasteiger partial charge in [-0.25, -0.2) is 0 Å². The van der Waals surface area contributed by atoms with Crippen LogP contribution in [0.1, 0.15) is 49.7 Å². The second kappa shape index (κ2) is 5.47. The van der Waals surface area contributed by atoms with Crippen LogP contribution in [0.4, 0.5) is 0 Å². The number of hydrogen-bond donors (Lipinski definition) is 2. The zero-order chi connectivity index (χ0) is 14.0. The molecule has 108 valence electrons. The Morgan fingerprint density at radius 2 is 2.10 bits per heavy atom. The van der Waals surface area contributed by atoms with Crippen LogP contribution in [-0.4, -0.2) is 18.5 Å². The fourth-order valence-electron chi connectivity index (χ4n) is 3.28. The molecule has 0 heterocycles. The average molecular weight is 271 g/mol. The number of aryl methyl sites for hydroxylation is 1. The van der Waals surface area contributed by atoms with E-state index in [0.717, 1.165) is 6.54 Å². The predicted molar refractivity (Wildman–Crippen MR) is 84.0 cm³/mol. The van der Waals surface area contributed by atoms with Crippen LogP contribution in [0.15, 0.2) is 29.3 Å². The molecule has 0 spiro atoms. The van der Waals surface area contributed by atoms with Gasteiger partial charge in [-0.3, -0.25) is 4.99 Å². The standard InChI is InChI=1S/C17H25N3/c1-13-5-4-6-14(11-13)17(9-2-3-10-17)12-19-16(18)20-15-7-8-15/h4-6,11,15H,2-3,7-10,12H2,1H3,(H3,18,19,20). The van der Waals surface area contributed by atoms with Crippen molar-refractivity contribution in [2.24, 2.45) is 10.7 Å². The maximum Gasteiger partial charge on any atom is 0.188 e. The maximum atomic E-state index is 6.00. The summed E-state index contributed by atoms with van der Waals surface area (Å²) in [6, 6.07) is 9.50. The van der Waals surface area contributed by atoms with E-state index in [4.69, 9.17) is 5.73 Å². The molecule has 1 aromatic rings. The van der Waals surface area contributed by atoms with Gasteiger partial charge in [0.05, 0.1) is 6.54 Å². The Hall–Kier alpha value is -1.51. The molecule has 20 heavy (non-hydrogen) atoms. The van der Waals surface area contributed by atoms with Gasteiger partial charge in [-0.05, 0) is 38.2 Å². The second-order valence-corrected chi connectivity index (χ2v) is 6.48. The maximum absolute atomic E-state index is 6.00. The van der Waals surface area contributed by atoms with Crippen LogP contribution in [0.2, 0.25) is 0 Å². The topological polar surface area (TPSA) is 50.4 Å². The third-order valence-electron chi connectivity index (χ3n) is 4.67. The van der Waals surface area contributed by atoms with Crippen LogP contribution in [0, 0.1) is 6.92 Å². The van der Waals surface area contributed by atoms with Crippen molar-refractivity contribution in [3.05, 3.63) is 35.4 Å². The molecule has 2 aliphatic carbocycles. The Kier molecular flexibility index (Phi) is 3.68. The summed E-state index contributed by atoms with van der Waals surface area (Å²) >= 11 is 0. The second-order valence-electron chi connectivity index (χ2n) is 6.48. The first-order chi connectivity index (χ1) is 9.68. The van der Waals surface area contributed by atoms with E-state index in [1.807, 2.05) is 0 Å². The van der Waals surface area contributed by atoms with Crippen molar-refractivity contribution in [2.75, 3.05) is 6.54 Å². The smallest absolute Gasteiger partial charge is 0.188 e. The lowest BCUT2D eigenvalue weighted by Gasteiger charge is -2.28. The van der Waals surface area contributed by atoms with Gasteiger partial charge >= 0.3 is 0 Å². The Morgan fingerprint density at radius 1 is 1.35 bits per heavy atom. The summed E-state index contributed by atoms with van der Waals surface area (Å²) < 4.78 is 0. The molecule has 2 aliphatic rings. The normalized spacial score (nSPS) is 21.9. The van der Waals surface area contributed by atoms with Crippen molar-refractivity contribution in [2.45, 2.75) is 56.9 Å². The summed E-state index contributed by atoms with van der Waals surface area (Å²) in [5, 5.41) is 3.29. The van der Waals surface area contributed by atoms with E-state index in [1.54, 1.807) is 0 Å². The van der Waals surface area contributed by atoms with Gasteiger partial charge in [0.2, 0.25) is 0 Å². The number of rotatable bonds is 4. The summed E-state index contributed by atoms with van der Waals surface area (Å²) in [5.41, 5.74) is 8.99. The van der Waals surface area contributed by atoms with Crippen molar-refractivity contribution in [1.29, 1.82) is 0 Å². The van der Waals surface area contributed by atoms with Crippen LogP contribution in [0.25, 0.3) is 0 Å². The molecule has 0 aromatic heterocycles. The molecule has 1 aromatic carbocycles. The lowest BCUT2D eigenvalue weighted by molar-refractivity contribution is 0.453. The number of nitrogens with one attached hydrogen (secondary N) is 1. The van der Waals surface area contributed by atoms with E-state index >= 15 is 0 Å². The van der Waals surface area contributed by atoms with Crippen LogP contribution < -0.4 is 11.1 Å². The minimum Gasteiger partial charge on any atom is -0.370 e. The Balaban J connectivity index is 1.77. The molecule has 0 amide bonds. The average Bonchev–Trinajstić information content (AvgIpc) is 3.11. The van der Waals surface area contributed by atoms with Gasteiger partial charge in [0.25, 0.3) is 0 Å². The zero-order valence-corrected chi connectivity index (χ0v) is 12.4. The molecule has 3 rings (SSSR count). The molecule has 3 nitrogen and oxygen atoms in total. The van der Waals surface area contributed by atoms with E-state index in [0.29, 0.717) is 12.0 Å². The summed E-state index contributed by atoms with van der Waals surface area (Å²) in [6.07, 6.45) is 7.55. The molecule has 0 bridgehead atoms. The Labute approximate surface area is 121 Å². The van der Waals surface area contributed by atoms with E-state index in [1.165, 1.54) is 49.7 Å². The monoisotopic (exact) mass is 271 g/mol. The lowest BCUT2D eigenvalue weighted by atomic mass is 9.78. The van der Waals surface area contributed by atoms with Crippen molar-refractivity contribution >= 4 is 5.96 Å². The van der Waals surface area contributed by atoms with E-state index in [2.05, 4.69) is 41.5 Å². The van der Waals surface area contributed by atoms with E-state index in [-0.39, 0.29) is 5.41 Å². The van der Waals surface area contributed by atoms with E-state index < -0.39 is 0 Å². The van der Waals surface area contributed by atoms with Crippen molar-refractivity contribution in [1.82, 2.24) is 5.32 Å². The third kappa shape index (κ3) is 2.97. The number of nitrogens with zero attached hydrogens (tertiary/aromatic N) is 1. The summed E-state index contributed by atoms with van der Waals surface area (Å²) in [6.45, 7) is 2.99. The van der Waals surface area contributed by atoms with Crippen LogP contribution in [-0.2, 0) is 5.41 Å². The van der Waals surface area contributed by atoms with Gasteiger partial charge in [0.1, 0.15) is 0 Å². The highest BCUT2D eigenvalue weighted by Crippen LogP contribution is 2.41. The van der Waals surface area contributed by atoms with E-state index in [9.17, 15) is 0 Å². The lowest BCUT2D eigenvalue weighted by Crippen LogP contribution is -2.35. The van der Waals surface area contributed by atoms with Crippen LogP contribution >= 0.6 is 0 Å². The number of nitrogens with two attached hydrogens (primary N) is 1. The quantitative estimate of drug-likeness (QED) is 0.653. The summed E-state index contributed by atoms with van der Waals surface area (Å²) in [5.74, 6) is 0.631. The number of benzene rings is 1. The van der Waals surface area contributed by atoms with Crippen LogP contribution in [0.3, 0.4) is 0 Å². The molecular formula is C17H25N3. The largest absolute Gasteiger partial charge is 0.370 e. The molecule has 2 fully saturated rings. The van der Waals surface area contributed by atoms with Crippen molar-refractivity contribution < 1.29 is 0 Å². The fraction of sp³-hybridized carbons (Fsp3) is 0.588. The predicted octanol–water partition coefficient (Wildman–Crippen LogP) is 2.87. The molecule has 3 N–H and O–H groups in total. The van der Waals surface area contributed by atoms with Crippen molar-refractivity contribution in [3.8, 4) is 0 Å². The molecule has 0 atom stereocenters. The summed E-state index contributed by atoms with van der Waals surface area (Å²) in [4.78, 5) is 4.65. The van der Waals surface area contributed by atoms with Gasteiger partial charge < -0.3 is 11.1 Å². The first-order valence-corrected chi connectivity index (χ1v) is 7.82. The molecule has 0 radical (unpaired) electrons. The number of aliphatic imine (C=N–C) groups is 1. The van der Waals surface area contributed by atoms with Gasteiger partial charge in [-0.15, -0.1) is 0 Å². The van der Waals surface area contributed by atoms with Crippen molar-refractivity contribution in [3.63, 3.8) is 0 Å². The Bertz CT molecular complexity index is 497. The summed E-state index contributed by atoms with van der Waals surface area (Å²) in [7, 11) is 0. The molecule has 2 saturated carbocycles. The first kappa shape index (κ1) is 13.5. The van der Waals surface area contributed by atoms with Gasteiger partial charge in [-0.1, -0.05) is 42.7 Å². The minimum absolute atomic E-state index is 0.210. The number of hydrogen-bond acceptors (Lipinski definition) is 1. The SMILES string of the molecule is Cc1cccc(C2(CN=C(N)NC3CC3)CCCC2)c1. The molecule has 0 saturated heterocycles. The van der Waals surface area contributed by atoms with Gasteiger partial charge in [0.15, 0.2) is 5.96 Å². The fourth-order valence-corrected chi connectivity index (χ4v) is 3.28. The first-order valence-electron chi connectivity index (χ1n) is 7.82. The number of guanidine groups is 1. The zero-order valence-electron chi connectivity index (χ0n) is 12.4. The minimum atomic E-state index is 0.210. The van der Waals surface area contributed by atoms with Gasteiger partial charge in [-0.2, -0.15) is 0 Å². The van der Waals surface area contributed by atoms with Gasteiger partial charge in [0, 0.05) is 11.5 Å². The highest BCUT2D eigenvalue weighted by molar-refractivity contribution is 5.78. The molecule has 0 aliphatic heterocycles.